The zero-order valence-electron chi connectivity index (χ0n) is 15.4. The third-order valence-electron chi connectivity index (χ3n) is 4.50. The predicted molar refractivity (Wildman–Crippen MR) is 126 cm³/mol. The maximum atomic E-state index is 12.4. The van der Waals surface area contributed by atoms with Crippen LogP contribution in [0.2, 0.25) is 5.02 Å². The van der Waals surface area contributed by atoms with Gasteiger partial charge in [0, 0.05) is 43.7 Å². The molecule has 1 N–H and O–H groups in total. The summed E-state index contributed by atoms with van der Waals surface area (Å²) in [5.41, 5.74) is 3.14. The van der Waals surface area contributed by atoms with Gasteiger partial charge < -0.3 is 9.88 Å². The summed E-state index contributed by atoms with van der Waals surface area (Å²) < 4.78 is 3.31. The first-order chi connectivity index (χ1) is 14.1. The highest BCUT2D eigenvalue weighted by atomic mass is 79.9. The summed E-state index contributed by atoms with van der Waals surface area (Å²) in [5, 5.41) is 4.72. The van der Waals surface area contributed by atoms with E-state index in [1.807, 2.05) is 12.1 Å². The van der Waals surface area contributed by atoms with Crippen molar-refractivity contribution in [1.82, 2.24) is 4.57 Å². The van der Waals surface area contributed by atoms with Crippen LogP contribution in [-0.4, -0.2) is 16.2 Å². The average Bonchev–Trinajstić information content (AvgIpc) is 3.08. The molecule has 3 aromatic carbocycles. The molecule has 6 heteroatoms. The molecule has 146 valence electrons. The van der Waals surface area contributed by atoms with Gasteiger partial charge >= 0.3 is 0 Å². The molecular weight excluding hydrogens is 468 g/mol. The molecule has 1 aromatic heterocycles. The lowest BCUT2D eigenvalue weighted by molar-refractivity contribution is -0.113. The number of aromatic nitrogens is 1. The summed E-state index contributed by atoms with van der Waals surface area (Å²) in [4.78, 5) is 13.5. The van der Waals surface area contributed by atoms with Crippen LogP contribution >= 0.6 is 39.3 Å². The van der Waals surface area contributed by atoms with Gasteiger partial charge in [-0.3, -0.25) is 4.79 Å². The number of nitrogens with one attached hydrogen (secondary N) is 1. The number of nitrogens with zero attached hydrogens (tertiary/aromatic N) is 1. The number of carbonyl (C=O) groups is 1. The molecule has 0 aliphatic carbocycles. The molecule has 0 saturated carbocycles. The highest BCUT2D eigenvalue weighted by Gasteiger charge is 2.11. The van der Waals surface area contributed by atoms with Crippen molar-refractivity contribution in [2.24, 2.45) is 0 Å². The van der Waals surface area contributed by atoms with Crippen molar-refractivity contribution in [2.45, 2.75) is 11.4 Å². The van der Waals surface area contributed by atoms with Crippen molar-refractivity contribution >= 4 is 61.8 Å². The number of carbonyl (C=O) groups excluding carboxylic acids is 1. The van der Waals surface area contributed by atoms with E-state index in [0.717, 1.165) is 32.5 Å². The van der Waals surface area contributed by atoms with Gasteiger partial charge in [0.2, 0.25) is 5.91 Å². The number of rotatable bonds is 6. The van der Waals surface area contributed by atoms with Gasteiger partial charge in [0.1, 0.15) is 0 Å². The maximum absolute atomic E-state index is 12.4. The molecule has 0 atom stereocenters. The van der Waals surface area contributed by atoms with Crippen molar-refractivity contribution in [1.29, 1.82) is 0 Å². The van der Waals surface area contributed by atoms with Crippen LogP contribution in [0, 0.1) is 0 Å². The molecular formula is C23H18BrClN2OS. The lowest BCUT2D eigenvalue weighted by Crippen LogP contribution is -2.13. The third kappa shape index (κ3) is 5.04. The predicted octanol–water partition coefficient (Wildman–Crippen LogP) is 6.84. The molecule has 0 bridgehead atoms. The maximum Gasteiger partial charge on any atom is 0.234 e. The van der Waals surface area contributed by atoms with Crippen LogP contribution in [0.3, 0.4) is 0 Å². The largest absolute Gasteiger partial charge is 0.342 e. The van der Waals surface area contributed by atoms with E-state index in [9.17, 15) is 4.79 Å². The van der Waals surface area contributed by atoms with Crippen molar-refractivity contribution in [3.8, 4) is 0 Å². The second kappa shape index (κ2) is 9.08. The molecule has 0 spiro atoms. The molecule has 1 amide bonds. The third-order valence-corrected chi connectivity index (χ3v) is 6.33. The Morgan fingerprint density at radius 1 is 1.00 bits per heavy atom. The fourth-order valence-electron chi connectivity index (χ4n) is 3.12. The second-order valence-electron chi connectivity index (χ2n) is 6.61. The molecule has 0 saturated heterocycles. The van der Waals surface area contributed by atoms with E-state index in [4.69, 9.17) is 11.6 Å². The minimum absolute atomic E-state index is 0.0398. The number of hydrogen-bond donors (Lipinski definition) is 1. The summed E-state index contributed by atoms with van der Waals surface area (Å²) in [6.07, 6.45) is 2.13. The van der Waals surface area contributed by atoms with Crippen LogP contribution in [-0.2, 0) is 11.3 Å². The normalized spacial score (nSPS) is 11.0. The van der Waals surface area contributed by atoms with Crippen LogP contribution < -0.4 is 5.32 Å². The molecule has 29 heavy (non-hydrogen) atoms. The smallest absolute Gasteiger partial charge is 0.234 e. The van der Waals surface area contributed by atoms with E-state index in [1.165, 1.54) is 5.56 Å². The summed E-state index contributed by atoms with van der Waals surface area (Å²) in [7, 11) is 0. The standard InChI is InChI=1S/C23H18BrClN2OS/c24-17-7-5-16(6-8-17)13-27-14-22(20-3-1-2-4-21(20)27)29-15-23(28)26-19-11-9-18(25)10-12-19/h1-12,14H,13,15H2,(H,26,28). The summed E-state index contributed by atoms with van der Waals surface area (Å²) in [6, 6.07) is 23.8. The zero-order chi connectivity index (χ0) is 20.2. The van der Waals surface area contributed by atoms with Crippen molar-refractivity contribution in [2.75, 3.05) is 11.1 Å². The molecule has 0 unspecified atom stereocenters. The Hall–Kier alpha value is -2.21. The number of fused-ring (bicyclic) bond motifs is 1. The summed E-state index contributed by atoms with van der Waals surface area (Å²) in [6.45, 7) is 0.783. The van der Waals surface area contributed by atoms with E-state index in [-0.39, 0.29) is 5.91 Å². The average molecular weight is 486 g/mol. The van der Waals surface area contributed by atoms with Gasteiger partial charge in [-0.05, 0) is 48.0 Å². The van der Waals surface area contributed by atoms with Crippen molar-refractivity contribution < 1.29 is 4.79 Å². The lowest BCUT2D eigenvalue weighted by atomic mass is 10.2. The topological polar surface area (TPSA) is 34.0 Å². The first kappa shape index (κ1) is 20.1. The van der Waals surface area contributed by atoms with Gasteiger partial charge in [0.05, 0.1) is 5.75 Å². The van der Waals surface area contributed by atoms with Gasteiger partial charge in [-0.15, -0.1) is 11.8 Å². The summed E-state index contributed by atoms with van der Waals surface area (Å²) in [5.74, 6) is 0.302. The monoisotopic (exact) mass is 484 g/mol. The van der Waals surface area contributed by atoms with E-state index in [0.29, 0.717) is 10.8 Å². The van der Waals surface area contributed by atoms with Gasteiger partial charge in [-0.25, -0.2) is 0 Å². The molecule has 4 aromatic rings. The van der Waals surface area contributed by atoms with Gasteiger partial charge in [0.15, 0.2) is 0 Å². The van der Waals surface area contributed by atoms with Crippen LogP contribution in [0.15, 0.2) is 88.4 Å². The molecule has 0 fully saturated rings. The van der Waals surface area contributed by atoms with E-state index < -0.39 is 0 Å². The molecule has 1 heterocycles. The Balaban J connectivity index is 1.49. The van der Waals surface area contributed by atoms with Crippen LogP contribution in [0.4, 0.5) is 5.69 Å². The fraction of sp³-hybridized carbons (Fsp3) is 0.0870. The Labute approximate surface area is 187 Å². The van der Waals surface area contributed by atoms with Gasteiger partial charge in [0.25, 0.3) is 0 Å². The van der Waals surface area contributed by atoms with E-state index >= 15 is 0 Å². The number of benzene rings is 3. The number of amides is 1. The molecule has 4 rings (SSSR count). The molecule has 0 aliphatic heterocycles. The Bertz CT molecular complexity index is 1140. The molecule has 3 nitrogen and oxygen atoms in total. The number of hydrogen-bond acceptors (Lipinski definition) is 2. The molecule has 0 aliphatic rings. The highest BCUT2D eigenvalue weighted by molar-refractivity contribution is 9.10. The van der Waals surface area contributed by atoms with Crippen LogP contribution in [0.25, 0.3) is 10.9 Å². The lowest BCUT2D eigenvalue weighted by Gasteiger charge is -2.05. The number of halogens is 2. The van der Waals surface area contributed by atoms with Gasteiger partial charge in [-0.1, -0.05) is 57.9 Å². The fourth-order valence-corrected chi connectivity index (χ4v) is 4.40. The number of para-hydroxylation sites is 1. The first-order valence-electron chi connectivity index (χ1n) is 9.09. The SMILES string of the molecule is O=C(CSc1cn(Cc2ccc(Br)cc2)c2ccccc12)Nc1ccc(Cl)cc1. The zero-order valence-corrected chi connectivity index (χ0v) is 18.6. The summed E-state index contributed by atoms with van der Waals surface area (Å²) >= 11 is 10.9. The Morgan fingerprint density at radius 3 is 2.48 bits per heavy atom. The minimum atomic E-state index is -0.0398. The Morgan fingerprint density at radius 2 is 1.72 bits per heavy atom. The quantitative estimate of drug-likeness (QED) is 0.303. The van der Waals surface area contributed by atoms with Crippen LogP contribution in [0.1, 0.15) is 5.56 Å². The van der Waals surface area contributed by atoms with Gasteiger partial charge in [-0.2, -0.15) is 0 Å². The minimum Gasteiger partial charge on any atom is -0.342 e. The van der Waals surface area contributed by atoms with Crippen molar-refractivity contribution in [3.05, 3.63) is 94.1 Å². The number of thioether (sulfide) groups is 1. The molecule has 0 radical (unpaired) electrons. The van der Waals surface area contributed by atoms with Crippen LogP contribution in [0.5, 0.6) is 0 Å². The first-order valence-corrected chi connectivity index (χ1v) is 11.2. The second-order valence-corrected chi connectivity index (χ2v) is 8.98. The van der Waals surface area contributed by atoms with E-state index in [1.54, 1.807) is 36.0 Å². The number of anilines is 1. The van der Waals surface area contributed by atoms with Crippen molar-refractivity contribution in [3.63, 3.8) is 0 Å². The van der Waals surface area contributed by atoms with E-state index in [2.05, 4.69) is 68.4 Å². The Kier molecular flexibility index (Phi) is 6.28. The highest BCUT2D eigenvalue weighted by Crippen LogP contribution is 2.31.